The Labute approximate surface area is 328 Å². The van der Waals surface area contributed by atoms with E-state index in [4.69, 9.17) is 4.74 Å². The number of nitrogens with one attached hydrogen (secondary N) is 3. The maximum atomic E-state index is 14.2. The number of carbonyl (C=O) groups excluding carboxylic acids is 4. The van der Waals surface area contributed by atoms with E-state index in [0.717, 1.165) is 27.8 Å². The van der Waals surface area contributed by atoms with Crippen LogP contribution in [0.3, 0.4) is 0 Å². The molecule has 1 atom stereocenters. The van der Waals surface area contributed by atoms with Crippen LogP contribution in [0, 0.1) is 13.8 Å². The van der Waals surface area contributed by atoms with Gasteiger partial charge in [-0.3, -0.25) is 14.4 Å². The van der Waals surface area contributed by atoms with Crippen LogP contribution in [0.5, 0.6) is 0 Å². The average Bonchev–Trinajstić information content (AvgIpc) is 3.62. The first-order chi connectivity index (χ1) is 26.7. The van der Waals surface area contributed by atoms with Gasteiger partial charge in [-0.15, -0.1) is 23.1 Å². The van der Waals surface area contributed by atoms with Crippen LogP contribution in [0.25, 0.3) is 17.2 Å². The molecule has 5 aromatic carbocycles. The molecule has 0 fully saturated rings. The Kier molecular flexibility index (Phi) is 12.7. The number of amides is 3. The zero-order valence-corrected chi connectivity index (χ0v) is 32.1. The second kappa shape index (κ2) is 18.2. The monoisotopic (exact) mass is 765 g/mol. The minimum absolute atomic E-state index is 0.0705. The Morgan fingerprint density at radius 3 is 2.18 bits per heavy atom. The quantitative estimate of drug-likeness (QED) is 0.0613. The van der Waals surface area contributed by atoms with Crippen LogP contribution in [0.4, 0.5) is 10.7 Å². The van der Waals surface area contributed by atoms with E-state index in [2.05, 4.69) is 16.0 Å². The summed E-state index contributed by atoms with van der Waals surface area (Å²) >= 11 is 2.57. The van der Waals surface area contributed by atoms with Crippen molar-refractivity contribution in [3.63, 3.8) is 0 Å². The Morgan fingerprint density at radius 2 is 1.47 bits per heavy atom. The fraction of sp³-hybridized carbons (Fsp3) is 0.111. The molecule has 0 aliphatic heterocycles. The molecular weight excluding hydrogens is 727 g/mol. The molecule has 0 saturated heterocycles. The summed E-state index contributed by atoms with van der Waals surface area (Å²) in [7, 11) is 0. The van der Waals surface area contributed by atoms with E-state index in [1.54, 1.807) is 55.5 Å². The standard InChI is InChI=1S/C45H39N3O5S2/c1-4-53-45(52)39-37(31-24-22-29(2)23-25-31)28-54-44(39)48-43(51)40(32-15-7-5-8-16-32)55-36-21-13-20-35(27-36)46-42(50)38(26-34-19-12-11-14-30(34)3)47-41(49)33-17-9-6-10-18-33/h5-28,40H,4H2,1-3H3,(H,46,50)(H,47,49)(H,48,51)/b38-26-. The number of carbonyl (C=O) groups is 4. The van der Waals surface area contributed by atoms with Gasteiger partial charge in [-0.1, -0.05) is 109 Å². The summed E-state index contributed by atoms with van der Waals surface area (Å²) in [6.45, 7) is 5.86. The topological polar surface area (TPSA) is 114 Å². The van der Waals surface area contributed by atoms with Crippen LogP contribution in [-0.4, -0.2) is 30.3 Å². The van der Waals surface area contributed by atoms with E-state index >= 15 is 0 Å². The van der Waals surface area contributed by atoms with Gasteiger partial charge >= 0.3 is 5.97 Å². The van der Waals surface area contributed by atoms with Gasteiger partial charge in [0.15, 0.2) is 0 Å². The number of benzene rings is 5. The molecule has 0 saturated carbocycles. The average molecular weight is 766 g/mol. The highest BCUT2D eigenvalue weighted by molar-refractivity contribution is 8.00. The number of ether oxygens (including phenoxy) is 1. The molecule has 8 nitrogen and oxygen atoms in total. The number of hydrogen-bond acceptors (Lipinski definition) is 7. The van der Waals surface area contributed by atoms with Crippen molar-refractivity contribution >= 4 is 63.6 Å². The first kappa shape index (κ1) is 38.5. The second-order valence-electron chi connectivity index (χ2n) is 12.6. The Hall–Kier alpha value is -6.23. The summed E-state index contributed by atoms with van der Waals surface area (Å²) < 4.78 is 5.43. The van der Waals surface area contributed by atoms with Crippen LogP contribution in [-0.2, 0) is 14.3 Å². The van der Waals surface area contributed by atoms with Crippen LogP contribution >= 0.6 is 23.1 Å². The van der Waals surface area contributed by atoms with Crippen LogP contribution in [0.1, 0.15) is 55.1 Å². The zero-order chi connectivity index (χ0) is 38.7. The van der Waals surface area contributed by atoms with Gasteiger partial charge in [0.2, 0.25) is 5.91 Å². The van der Waals surface area contributed by atoms with E-state index in [1.807, 2.05) is 110 Å². The summed E-state index contributed by atoms with van der Waals surface area (Å²) in [5.74, 6) is -1.78. The zero-order valence-electron chi connectivity index (χ0n) is 30.5. The summed E-state index contributed by atoms with van der Waals surface area (Å²) in [6.07, 6.45) is 1.65. The first-order valence-corrected chi connectivity index (χ1v) is 19.4. The lowest BCUT2D eigenvalue weighted by atomic mass is 10.0. The van der Waals surface area contributed by atoms with Gasteiger partial charge < -0.3 is 20.7 Å². The van der Waals surface area contributed by atoms with Crippen molar-refractivity contribution < 1.29 is 23.9 Å². The number of anilines is 2. The second-order valence-corrected chi connectivity index (χ2v) is 14.6. The molecule has 10 heteroatoms. The third kappa shape index (κ3) is 9.85. The summed E-state index contributed by atoms with van der Waals surface area (Å²) in [6, 6.07) is 40.6. The molecule has 0 bridgehead atoms. The van der Waals surface area contributed by atoms with Crippen molar-refractivity contribution in [2.45, 2.75) is 30.9 Å². The van der Waals surface area contributed by atoms with Gasteiger partial charge in [0.25, 0.3) is 11.8 Å². The van der Waals surface area contributed by atoms with Crippen molar-refractivity contribution in [2.24, 2.45) is 0 Å². The normalized spacial score (nSPS) is 11.7. The highest BCUT2D eigenvalue weighted by Crippen LogP contribution is 2.40. The third-order valence-corrected chi connectivity index (χ3v) is 10.7. The fourth-order valence-corrected chi connectivity index (χ4v) is 7.75. The van der Waals surface area contributed by atoms with Crippen molar-refractivity contribution in [1.29, 1.82) is 0 Å². The molecule has 0 spiro atoms. The summed E-state index contributed by atoms with van der Waals surface area (Å²) in [5.41, 5.74) is 6.34. The lowest BCUT2D eigenvalue weighted by Crippen LogP contribution is -2.30. The Bertz CT molecular complexity index is 2340. The molecule has 0 aliphatic carbocycles. The molecule has 276 valence electrons. The number of esters is 1. The van der Waals surface area contributed by atoms with Gasteiger partial charge in [0.1, 0.15) is 21.5 Å². The number of aryl methyl sites for hydroxylation is 2. The van der Waals surface area contributed by atoms with E-state index in [1.165, 1.54) is 23.1 Å². The van der Waals surface area contributed by atoms with Crippen molar-refractivity contribution in [2.75, 3.05) is 17.2 Å². The van der Waals surface area contributed by atoms with Crippen LogP contribution in [0.15, 0.2) is 149 Å². The number of thioether (sulfide) groups is 1. The van der Waals surface area contributed by atoms with Gasteiger partial charge in [0, 0.05) is 27.1 Å². The molecule has 1 aromatic heterocycles. The third-order valence-electron chi connectivity index (χ3n) is 8.57. The molecule has 3 N–H and O–H groups in total. The Morgan fingerprint density at radius 1 is 0.782 bits per heavy atom. The van der Waals surface area contributed by atoms with Gasteiger partial charge in [-0.25, -0.2) is 4.79 Å². The highest BCUT2D eigenvalue weighted by Gasteiger charge is 2.28. The number of hydrogen-bond donors (Lipinski definition) is 3. The maximum absolute atomic E-state index is 14.2. The minimum Gasteiger partial charge on any atom is -0.462 e. The molecule has 3 amide bonds. The molecular formula is C45H39N3O5S2. The molecule has 1 heterocycles. The lowest BCUT2D eigenvalue weighted by molar-refractivity contribution is -0.116. The van der Waals surface area contributed by atoms with Gasteiger partial charge in [-0.2, -0.15) is 0 Å². The van der Waals surface area contributed by atoms with E-state index < -0.39 is 23.0 Å². The van der Waals surface area contributed by atoms with E-state index in [-0.39, 0.29) is 18.2 Å². The Balaban J connectivity index is 1.26. The predicted octanol–water partition coefficient (Wildman–Crippen LogP) is 10.1. The fourth-order valence-electron chi connectivity index (χ4n) is 5.71. The largest absolute Gasteiger partial charge is 0.462 e. The summed E-state index contributed by atoms with van der Waals surface area (Å²) in [5, 5.41) is 10.3. The molecule has 1 unspecified atom stereocenters. The first-order valence-electron chi connectivity index (χ1n) is 17.6. The summed E-state index contributed by atoms with van der Waals surface area (Å²) in [4.78, 5) is 55.2. The van der Waals surface area contributed by atoms with Crippen molar-refractivity contribution in [3.05, 3.63) is 178 Å². The van der Waals surface area contributed by atoms with Crippen molar-refractivity contribution in [1.82, 2.24) is 5.32 Å². The molecule has 0 aliphatic rings. The highest BCUT2D eigenvalue weighted by atomic mass is 32.2. The molecule has 55 heavy (non-hydrogen) atoms. The maximum Gasteiger partial charge on any atom is 0.341 e. The molecule has 6 aromatic rings. The van der Waals surface area contributed by atoms with E-state index in [9.17, 15) is 19.2 Å². The minimum atomic E-state index is -0.728. The van der Waals surface area contributed by atoms with Crippen LogP contribution < -0.4 is 16.0 Å². The number of rotatable bonds is 13. The SMILES string of the molecule is CCOC(=O)c1c(-c2ccc(C)cc2)csc1NC(=O)C(Sc1cccc(NC(=O)/C(=C/c2ccccc2C)NC(=O)c2ccccc2)c1)c1ccccc1. The van der Waals surface area contributed by atoms with Gasteiger partial charge in [0.05, 0.1) is 6.61 Å². The van der Waals surface area contributed by atoms with E-state index in [0.29, 0.717) is 32.3 Å². The van der Waals surface area contributed by atoms with Crippen molar-refractivity contribution in [3.8, 4) is 11.1 Å². The predicted molar refractivity (Wildman–Crippen MR) is 222 cm³/mol. The van der Waals surface area contributed by atoms with Gasteiger partial charge in [-0.05, 0) is 79.4 Å². The van der Waals surface area contributed by atoms with Crippen LogP contribution in [0.2, 0.25) is 0 Å². The molecule has 6 rings (SSSR count). The lowest BCUT2D eigenvalue weighted by Gasteiger charge is -2.18. The smallest absolute Gasteiger partial charge is 0.341 e. The number of thiophene rings is 1. The molecule has 0 radical (unpaired) electrons.